The summed E-state index contributed by atoms with van der Waals surface area (Å²) in [6, 6.07) is 6.55. The van der Waals surface area contributed by atoms with E-state index < -0.39 is 17.9 Å². The van der Waals surface area contributed by atoms with Crippen molar-refractivity contribution in [2.75, 3.05) is 13.1 Å². The van der Waals surface area contributed by atoms with Crippen LogP contribution in [0.2, 0.25) is 0 Å². The highest BCUT2D eigenvalue weighted by Gasteiger charge is 2.36. The quantitative estimate of drug-likeness (QED) is 0.784. The number of nitrogens with zero attached hydrogens (tertiary/aromatic N) is 1. The number of benzene rings is 1. The fourth-order valence-electron chi connectivity index (χ4n) is 3.02. The molecule has 1 aromatic rings. The van der Waals surface area contributed by atoms with Crippen molar-refractivity contribution in [2.45, 2.75) is 38.8 Å². The highest BCUT2D eigenvalue weighted by molar-refractivity contribution is 6.02. The molecule has 0 aromatic heterocycles. The molecule has 0 amide bonds. The molecule has 1 saturated heterocycles. The Hall–Kier alpha value is -1.72. The van der Waals surface area contributed by atoms with Crippen molar-refractivity contribution < 1.29 is 14.7 Å². The smallest absolute Gasteiger partial charge is 0.308 e. The average molecular weight is 304 g/mol. The molecule has 0 aliphatic carbocycles. The summed E-state index contributed by atoms with van der Waals surface area (Å²) in [6.45, 7) is 3.62. The van der Waals surface area contributed by atoms with E-state index in [1.165, 1.54) is 0 Å². The third kappa shape index (κ3) is 3.72. The summed E-state index contributed by atoms with van der Waals surface area (Å²) in [5.41, 5.74) is 7.08. The zero-order chi connectivity index (χ0) is 16.1. The third-order valence-electron chi connectivity index (χ3n) is 4.39. The predicted octanol–water partition coefficient (Wildman–Crippen LogP) is 1.90. The normalized spacial score (nSPS) is 18.6. The maximum absolute atomic E-state index is 12.9. The number of carboxylic acids is 1. The van der Waals surface area contributed by atoms with Crippen LogP contribution in [-0.4, -0.2) is 40.9 Å². The average Bonchev–Trinajstić information content (AvgIpc) is 2.56. The number of Topliss-reactive ketones (excluding diaryl/α,β-unsaturated/α-hetero) is 1. The van der Waals surface area contributed by atoms with Gasteiger partial charge in [0.1, 0.15) is 0 Å². The number of aliphatic carboxylic acids is 1. The second-order valence-corrected chi connectivity index (χ2v) is 5.93. The molecule has 1 aromatic carbocycles. The zero-order valence-electron chi connectivity index (χ0n) is 13.0. The standard InChI is InChI=1S/C17H24N2O3/c1-12(17(21)22)15(19-9-3-2-4-10-19)16(20)14-7-5-13(11-18)6-8-14/h5-8,12,15H,2-4,9-11,18H2,1H3,(H,21,22). The highest BCUT2D eigenvalue weighted by atomic mass is 16.4. The summed E-state index contributed by atoms with van der Waals surface area (Å²) >= 11 is 0. The number of hydrogen-bond acceptors (Lipinski definition) is 4. The Kier molecular flexibility index (Phi) is 5.69. The number of carbonyl (C=O) groups excluding carboxylic acids is 1. The van der Waals surface area contributed by atoms with Crippen LogP contribution in [0.4, 0.5) is 0 Å². The minimum Gasteiger partial charge on any atom is -0.481 e. The van der Waals surface area contributed by atoms with E-state index >= 15 is 0 Å². The Labute approximate surface area is 131 Å². The minimum atomic E-state index is -0.928. The van der Waals surface area contributed by atoms with Crippen LogP contribution in [0.15, 0.2) is 24.3 Å². The van der Waals surface area contributed by atoms with Gasteiger partial charge in [-0.3, -0.25) is 14.5 Å². The van der Waals surface area contributed by atoms with E-state index in [0.717, 1.165) is 37.9 Å². The van der Waals surface area contributed by atoms with Gasteiger partial charge < -0.3 is 10.8 Å². The topological polar surface area (TPSA) is 83.6 Å². The molecule has 1 fully saturated rings. The molecule has 5 nitrogen and oxygen atoms in total. The van der Waals surface area contributed by atoms with Gasteiger partial charge in [-0.05, 0) is 38.4 Å². The van der Waals surface area contributed by atoms with Crippen LogP contribution in [0.25, 0.3) is 0 Å². The Morgan fingerprint density at radius 3 is 2.27 bits per heavy atom. The van der Waals surface area contributed by atoms with Gasteiger partial charge in [0, 0.05) is 12.1 Å². The van der Waals surface area contributed by atoms with Gasteiger partial charge in [-0.1, -0.05) is 30.7 Å². The molecule has 2 rings (SSSR count). The van der Waals surface area contributed by atoms with Crippen molar-refractivity contribution in [1.29, 1.82) is 0 Å². The predicted molar refractivity (Wildman–Crippen MR) is 84.7 cm³/mol. The maximum Gasteiger partial charge on any atom is 0.308 e. The van der Waals surface area contributed by atoms with Crippen LogP contribution < -0.4 is 5.73 Å². The van der Waals surface area contributed by atoms with Crippen LogP contribution in [0.3, 0.4) is 0 Å². The van der Waals surface area contributed by atoms with Crippen LogP contribution in [0, 0.1) is 5.92 Å². The number of carboxylic acid groups (broad SMARTS) is 1. The van der Waals surface area contributed by atoms with Crippen LogP contribution in [0.1, 0.15) is 42.1 Å². The Morgan fingerprint density at radius 2 is 1.77 bits per heavy atom. The number of piperidine rings is 1. The van der Waals surface area contributed by atoms with Crippen molar-refractivity contribution in [3.05, 3.63) is 35.4 Å². The molecule has 2 unspecified atom stereocenters. The van der Waals surface area contributed by atoms with Gasteiger partial charge in [-0.25, -0.2) is 0 Å². The molecule has 22 heavy (non-hydrogen) atoms. The lowest BCUT2D eigenvalue weighted by molar-refractivity contribution is -0.143. The summed E-state index contributed by atoms with van der Waals surface area (Å²) in [5, 5.41) is 9.37. The molecule has 0 spiro atoms. The first-order valence-electron chi connectivity index (χ1n) is 7.84. The monoisotopic (exact) mass is 304 g/mol. The second kappa shape index (κ2) is 7.51. The van der Waals surface area contributed by atoms with Crippen LogP contribution in [-0.2, 0) is 11.3 Å². The molecule has 0 saturated carbocycles. The van der Waals surface area contributed by atoms with Crippen molar-refractivity contribution >= 4 is 11.8 Å². The molecular formula is C17H24N2O3. The number of hydrogen-bond donors (Lipinski definition) is 2. The molecule has 1 heterocycles. The molecule has 2 atom stereocenters. The van der Waals surface area contributed by atoms with E-state index in [9.17, 15) is 14.7 Å². The summed E-state index contributed by atoms with van der Waals surface area (Å²) in [5.74, 6) is -1.76. The first-order chi connectivity index (χ1) is 10.5. The molecule has 120 valence electrons. The van der Waals surface area contributed by atoms with Crippen molar-refractivity contribution in [1.82, 2.24) is 4.90 Å². The van der Waals surface area contributed by atoms with E-state index in [1.807, 2.05) is 17.0 Å². The van der Waals surface area contributed by atoms with Crippen molar-refractivity contribution in [2.24, 2.45) is 11.7 Å². The van der Waals surface area contributed by atoms with E-state index in [1.54, 1.807) is 19.1 Å². The lowest BCUT2D eigenvalue weighted by atomic mass is 9.90. The number of ketones is 1. The van der Waals surface area contributed by atoms with E-state index in [-0.39, 0.29) is 5.78 Å². The fourth-order valence-corrected chi connectivity index (χ4v) is 3.02. The van der Waals surface area contributed by atoms with Gasteiger partial charge >= 0.3 is 5.97 Å². The van der Waals surface area contributed by atoms with E-state index in [2.05, 4.69) is 0 Å². The maximum atomic E-state index is 12.9. The SMILES string of the molecule is CC(C(=O)O)C(C(=O)c1ccc(CN)cc1)N1CCCCC1. The Bertz CT molecular complexity index is 521. The second-order valence-electron chi connectivity index (χ2n) is 5.93. The minimum absolute atomic E-state index is 0.111. The highest BCUT2D eigenvalue weighted by Crippen LogP contribution is 2.22. The molecule has 1 aliphatic heterocycles. The molecule has 0 radical (unpaired) electrons. The summed E-state index contributed by atoms with van der Waals surface area (Å²) in [6.07, 6.45) is 3.18. The molecule has 5 heteroatoms. The molecular weight excluding hydrogens is 280 g/mol. The van der Waals surface area contributed by atoms with E-state index in [0.29, 0.717) is 12.1 Å². The molecule has 0 bridgehead atoms. The van der Waals surface area contributed by atoms with E-state index in [4.69, 9.17) is 5.73 Å². The lowest BCUT2D eigenvalue weighted by Crippen LogP contribution is -2.49. The first-order valence-corrected chi connectivity index (χ1v) is 7.84. The van der Waals surface area contributed by atoms with Crippen LogP contribution >= 0.6 is 0 Å². The molecule has 3 N–H and O–H groups in total. The van der Waals surface area contributed by atoms with Gasteiger partial charge in [-0.15, -0.1) is 0 Å². The van der Waals surface area contributed by atoms with Crippen molar-refractivity contribution in [3.8, 4) is 0 Å². The molecule has 1 aliphatic rings. The van der Waals surface area contributed by atoms with Gasteiger partial charge in [0.25, 0.3) is 0 Å². The van der Waals surface area contributed by atoms with Gasteiger partial charge in [0.2, 0.25) is 0 Å². The zero-order valence-corrected chi connectivity index (χ0v) is 13.0. The first kappa shape index (κ1) is 16.6. The number of nitrogens with two attached hydrogens (primary N) is 1. The number of rotatable bonds is 6. The van der Waals surface area contributed by atoms with Gasteiger partial charge in [0.15, 0.2) is 5.78 Å². The summed E-state index contributed by atoms with van der Waals surface area (Å²) in [4.78, 5) is 26.3. The van der Waals surface area contributed by atoms with Gasteiger partial charge in [-0.2, -0.15) is 0 Å². The van der Waals surface area contributed by atoms with Crippen LogP contribution in [0.5, 0.6) is 0 Å². The lowest BCUT2D eigenvalue weighted by Gasteiger charge is -2.35. The Balaban J connectivity index is 2.25. The fraction of sp³-hybridized carbons (Fsp3) is 0.529. The summed E-state index contributed by atoms with van der Waals surface area (Å²) < 4.78 is 0. The third-order valence-corrected chi connectivity index (χ3v) is 4.39. The Morgan fingerprint density at radius 1 is 1.18 bits per heavy atom. The van der Waals surface area contributed by atoms with Crippen molar-refractivity contribution in [3.63, 3.8) is 0 Å². The largest absolute Gasteiger partial charge is 0.481 e. The number of likely N-dealkylation sites (tertiary alicyclic amines) is 1. The van der Waals surface area contributed by atoms with Gasteiger partial charge in [0.05, 0.1) is 12.0 Å². The number of carbonyl (C=O) groups is 2. The summed E-state index contributed by atoms with van der Waals surface area (Å²) in [7, 11) is 0.